The van der Waals surface area contributed by atoms with Crippen LogP contribution in [0.25, 0.3) is 33.5 Å². The first-order valence-electron chi connectivity index (χ1n) is 11.2. The molecule has 2 aromatic heterocycles. The van der Waals surface area contributed by atoms with E-state index >= 15 is 0 Å². The second-order valence-corrected chi connectivity index (χ2v) is 8.05. The Hall–Kier alpha value is -4.13. The number of hydrogen-bond acceptors (Lipinski definition) is 5. The maximum Gasteiger partial charge on any atom is 0.242 e. The van der Waals surface area contributed by atoms with Crippen molar-refractivity contribution in [2.75, 3.05) is 0 Å². The molecule has 0 spiro atoms. The van der Waals surface area contributed by atoms with Crippen LogP contribution in [0.2, 0.25) is 0 Å². The molecular formula is C26H24N6O. The Bertz CT molecular complexity index is 1380. The van der Waals surface area contributed by atoms with Gasteiger partial charge in [-0.2, -0.15) is 9.94 Å². The molecule has 7 heteroatoms. The van der Waals surface area contributed by atoms with Crippen molar-refractivity contribution >= 4 is 11.0 Å². The molecule has 3 aromatic carbocycles. The number of hydrogen-bond donors (Lipinski definition) is 1. The molecule has 2 heterocycles. The lowest BCUT2D eigenvalue weighted by atomic mass is 9.97. The Kier molecular flexibility index (Phi) is 5.76. The molecule has 0 aliphatic heterocycles. The third-order valence-electron chi connectivity index (χ3n) is 5.85. The van der Waals surface area contributed by atoms with Gasteiger partial charge in [0.15, 0.2) is 0 Å². The molecule has 0 amide bonds. The molecule has 0 bridgehead atoms. The number of H-pyrrole nitrogens is 1. The largest absolute Gasteiger partial charge is 0.618 e. The van der Waals surface area contributed by atoms with Gasteiger partial charge in [0.1, 0.15) is 11.2 Å². The highest BCUT2D eigenvalue weighted by molar-refractivity contribution is 5.80. The van der Waals surface area contributed by atoms with E-state index in [0.29, 0.717) is 17.8 Å². The lowest BCUT2D eigenvalue weighted by Crippen LogP contribution is -2.35. The molecule has 0 aliphatic rings. The van der Waals surface area contributed by atoms with Gasteiger partial charge in [0.2, 0.25) is 17.0 Å². The third-order valence-corrected chi connectivity index (χ3v) is 5.85. The van der Waals surface area contributed by atoms with Crippen molar-refractivity contribution in [2.24, 2.45) is 0 Å². The zero-order valence-electron chi connectivity index (χ0n) is 18.4. The van der Waals surface area contributed by atoms with Gasteiger partial charge in [-0.3, -0.25) is 0 Å². The van der Waals surface area contributed by atoms with E-state index in [1.165, 1.54) is 0 Å². The number of fused-ring (bicyclic) bond motifs is 1. The van der Waals surface area contributed by atoms with Crippen LogP contribution < -0.4 is 4.73 Å². The van der Waals surface area contributed by atoms with Gasteiger partial charge < -0.3 is 5.21 Å². The maximum atomic E-state index is 13.1. The van der Waals surface area contributed by atoms with Crippen molar-refractivity contribution in [1.82, 2.24) is 25.6 Å². The minimum atomic E-state index is 0.565. The average molecular weight is 437 g/mol. The molecule has 1 N–H and O–H groups in total. The van der Waals surface area contributed by atoms with Gasteiger partial charge in [-0.25, -0.2) is 4.98 Å². The van der Waals surface area contributed by atoms with Gasteiger partial charge in [-0.15, -0.1) is 10.2 Å². The van der Waals surface area contributed by atoms with E-state index in [0.717, 1.165) is 63.2 Å². The summed E-state index contributed by atoms with van der Waals surface area (Å²) in [6.45, 7) is 2.13. The van der Waals surface area contributed by atoms with Crippen LogP contribution in [0.4, 0.5) is 0 Å². The van der Waals surface area contributed by atoms with Crippen molar-refractivity contribution in [3.8, 4) is 22.5 Å². The van der Waals surface area contributed by atoms with Crippen LogP contribution in [0.15, 0.2) is 72.8 Å². The molecule has 0 saturated carbocycles. The Morgan fingerprint density at radius 3 is 2.42 bits per heavy atom. The fraction of sp³-hybridized carbons (Fsp3) is 0.192. The molecule has 0 radical (unpaired) electrons. The fourth-order valence-electron chi connectivity index (χ4n) is 4.14. The van der Waals surface area contributed by atoms with Crippen LogP contribution in [0.1, 0.15) is 36.7 Å². The summed E-state index contributed by atoms with van der Waals surface area (Å²) in [5.74, 6) is 0.565. The van der Waals surface area contributed by atoms with Gasteiger partial charge in [-0.05, 0) is 34.4 Å². The van der Waals surface area contributed by atoms with E-state index in [9.17, 15) is 5.21 Å². The monoisotopic (exact) mass is 436 g/mol. The zero-order chi connectivity index (χ0) is 22.6. The first-order valence-corrected chi connectivity index (χ1v) is 11.2. The SMILES string of the molecule is CCCCc1c(Cc2ccc(-c3ccccc3-c3nn[nH]n3)cc2)nc2ccccc2[n+]1[O-]. The van der Waals surface area contributed by atoms with Crippen molar-refractivity contribution in [3.05, 3.63) is 95.0 Å². The summed E-state index contributed by atoms with van der Waals surface area (Å²) in [5, 5.41) is 27.5. The predicted molar refractivity (Wildman–Crippen MR) is 127 cm³/mol. The predicted octanol–water partition coefficient (Wildman–Crippen LogP) is 4.65. The quantitative estimate of drug-likeness (QED) is 0.296. The van der Waals surface area contributed by atoms with E-state index in [2.05, 4.69) is 57.9 Å². The Labute approximate surface area is 191 Å². The Balaban J connectivity index is 1.48. The number of benzene rings is 3. The molecule has 0 aliphatic carbocycles. The smallest absolute Gasteiger partial charge is 0.242 e. The van der Waals surface area contributed by atoms with Crippen LogP contribution in [0.3, 0.4) is 0 Å². The number of tetrazole rings is 1. The average Bonchev–Trinajstić information content (AvgIpc) is 3.39. The second kappa shape index (κ2) is 9.16. The molecule has 5 rings (SSSR count). The number of aromatic amines is 1. The van der Waals surface area contributed by atoms with Crippen LogP contribution in [0, 0.1) is 5.21 Å². The molecule has 7 nitrogen and oxygen atoms in total. The van der Waals surface area contributed by atoms with E-state index in [1.54, 1.807) is 0 Å². The summed E-state index contributed by atoms with van der Waals surface area (Å²) in [4.78, 5) is 4.86. The summed E-state index contributed by atoms with van der Waals surface area (Å²) in [5.41, 5.74) is 7.10. The molecule has 164 valence electrons. The molecule has 0 saturated heterocycles. The van der Waals surface area contributed by atoms with Gasteiger partial charge in [-0.1, -0.05) is 74.0 Å². The molecule has 0 fully saturated rings. The number of nitrogens with zero attached hydrogens (tertiary/aromatic N) is 5. The number of rotatable bonds is 7. The minimum Gasteiger partial charge on any atom is -0.618 e. The van der Waals surface area contributed by atoms with Crippen LogP contribution in [0.5, 0.6) is 0 Å². The normalized spacial score (nSPS) is 11.2. The second-order valence-electron chi connectivity index (χ2n) is 8.05. The lowest BCUT2D eigenvalue weighted by Gasteiger charge is -2.12. The van der Waals surface area contributed by atoms with E-state index in [-0.39, 0.29) is 0 Å². The summed E-state index contributed by atoms with van der Waals surface area (Å²) in [6, 6.07) is 23.9. The number of para-hydroxylation sites is 2. The van der Waals surface area contributed by atoms with Crippen LogP contribution in [-0.2, 0) is 12.8 Å². The summed E-state index contributed by atoms with van der Waals surface area (Å²) >= 11 is 0. The highest BCUT2D eigenvalue weighted by Gasteiger charge is 2.19. The molecular weight excluding hydrogens is 412 g/mol. The molecule has 33 heavy (non-hydrogen) atoms. The molecule has 0 unspecified atom stereocenters. The first-order chi connectivity index (χ1) is 16.2. The van der Waals surface area contributed by atoms with Crippen molar-refractivity contribution in [1.29, 1.82) is 0 Å². The summed E-state index contributed by atoms with van der Waals surface area (Å²) < 4.78 is 1.07. The van der Waals surface area contributed by atoms with E-state index < -0.39 is 0 Å². The third kappa shape index (κ3) is 4.17. The van der Waals surface area contributed by atoms with Crippen LogP contribution in [-0.4, -0.2) is 25.6 Å². The number of aromatic nitrogens is 6. The van der Waals surface area contributed by atoms with Gasteiger partial charge in [0.05, 0.1) is 0 Å². The van der Waals surface area contributed by atoms with Gasteiger partial charge >= 0.3 is 0 Å². The Morgan fingerprint density at radius 2 is 1.67 bits per heavy atom. The van der Waals surface area contributed by atoms with E-state index in [4.69, 9.17) is 4.98 Å². The molecule has 0 atom stereocenters. The van der Waals surface area contributed by atoms with Crippen molar-refractivity contribution in [3.63, 3.8) is 0 Å². The van der Waals surface area contributed by atoms with Crippen molar-refractivity contribution < 1.29 is 4.73 Å². The van der Waals surface area contributed by atoms with Gasteiger partial charge in [0, 0.05) is 24.5 Å². The Morgan fingerprint density at radius 1 is 0.909 bits per heavy atom. The molecule has 5 aromatic rings. The first kappa shape index (κ1) is 20.8. The minimum absolute atomic E-state index is 0.565. The van der Waals surface area contributed by atoms with Crippen molar-refractivity contribution in [2.45, 2.75) is 32.6 Å². The highest BCUT2D eigenvalue weighted by atomic mass is 16.5. The van der Waals surface area contributed by atoms with E-state index in [1.807, 2.05) is 42.5 Å². The topological polar surface area (TPSA) is 94.3 Å². The van der Waals surface area contributed by atoms with Crippen LogP contribution >= 0.6 is 0 Å². The maximum absolute atomic E-state index is 13.1. The highest BCUT2D eigenvalue weighted by Crippen LogP contribution is 2.30. The van der Waals surface area contributed by atoms with Gasteiger partial charge in [0.25, 0.3) is 0 Å². The zero-order valence-corrected chi connectivity index (χ0v) is 18.4. The number of nitrogens with one attached hydrogen (secondary N) is 1. The lowest BCUT2D eigenvalue weighted by molar-refractivity contribution is -0.587. The fourth-order valence-corrected chi connectivity index (χ4v) is 4.14. The standard InChI is InChI=1S/C26H24N6O/c1-2-3-11-25-23(27-22-10-6-7-12-24(22)32(25)33)17-18-13-15-19(16-14-18)20-8-4-5-9-21(20)26-28-30-31-29-26/h4-10,12-16H,2-3,11,17H2,1H3,(H,28,29,30,31). The summed E-state index contributed by atoms with van der Waals surface area (Å²) in [7, 11) is 0. The summed E-state index contributed by atoms with van der Waals surface area (Å²) in [6.07, 6.45) is 3.32. The number of unbranched alkanes of at least 4 members (excludes halogenated alkanes) is 1.